The fourth-order valence-electron chi connectivity index (χ4n) is 10.2. The van der Waals surface area contributed by atoms with E-state index in [-0.39, 0.29) is 5.97 Å². The summed E-state index contributed by atoms with van der Waals surface area (Å²) in [6, 6.07) is 9.58. The SMILES string of the molecule is CCOC(=O)c1c(-c2cc3sc([Si](C(C)C)(C(C)C)C(C)C)cc3s2)sc2c(C(O)OCC)c(-c3cc4sc([Si](C(C)C)(C(C)C)C(C)C)cc4s3)sc12. The molecule has 294 valence electrons. The van der Waals surface area contributed by atoms with Crippen LogP contribution >= 0.6 is 68.0 Å². The summed E-state index contributed by atoms with van der Waals surface area (Å²) in [6.45, 7) is 33.6. The lowest BCUT2D eigenvalue weighted by molar-refractivity contribution is -0.0963. The van der Waals surface area contributed by atoms with Crippen molar-refractivity contribution >= 4 is 127 Å². The zero-order chi connectivity index (χ0) is 39.6. The van der Waals surface area contributed by atoms with E-state index < -0.39 is 22.4 Å². The zero-order valence-corrected chi connectivity index (χ0v) is 41.3. The first kappa shape index (κ1) is 42.4. The molecule has 6 heterocycles. The predicted molar refractivity (Wildman–Crippen MR) is 251 cm³/mol. The number of rotatable bonds is 15. The van der Waals surface area contributed by atoms with Crippen LogP contribution in [0.25, 0.3) is 47.7 Å². The van der Waals surface area contributed by atoms with Gasteiger partial charge in [0.05, 0.1) is 31.3 Å². The number of aliphatic hydroxyl groups is 1. The number of thiophene rings is 6. The van der Waals surface area contributed by atoms with Gasteiger partial charge in [-0.3, -0.25) is 0 Å². The van der Waals surface area contributed by atoms with Crippen LogP contribution in [0.2, 0.25) is 33.2 Å². The normalized spacial score (nSPS) is 13.9. The van der Waals surface area contributed by atoms with Gasteiger partial charge in [-0.15, -0.1) is 68.0 Å². The minimum atomic E-state index is -1.79. The summed E-state index contributed by atoms with van der Waals surface area (Å²) in [7, 11) is -3.57. The molecule has 0 aliphatic rings. The second-order valence-corrected chi connectivity index (χ2v) is 35.4. The summed E-state index contributed by atoms with van der Waals surface area (Å²) in [5.74, 6) is -0.304. The number of hydrogen-bond donors (Lipinski definition) is 1. The molecule has 6 aromatic rings. The molecule has 4 nitrogen and oxygen atoms in total. The van der Waals surface area contributed by atoms with E-state index in [2.05, 4.69) is 107 Å². The predicted octanol–water partition coefficient (Wildman–Crippen LogP) is 14.8. The topological polar surface area (TPSA) is 55.8 Å². The molecule has 1 atom stereocenters. The third-order valence-corrected chi connectivity index (χ3v) is 35.4. The Morgan fingerprint density at radius 3 is 1.37 bits per heavy atom. The van der Waals surface area contributed by atoms with E-state index >= 15 is 0 Å². The zero-order valence-electron chi connectivity index (χ0n) is 34.4. The van der Waals surface area contributed by atoms with Crippen molar-refractivity contribution in [1.82, 2.24) is 0 Å². The maximum Gasteiger partial charge on any atom is 0.341 e. The van der Waals surface area contributed by atoms with Crippen molar-refractivity contribution in [3.05, 3.63) is 35.4 Å². The van der Waals surface area contributed by atoms with Gasteiger partial charge in [-0.25, -0.2) is 4.79 Å². The van der Waals surface area contributed by atoms with Gasteiger partial charge >= 0.3 is 5.97 Å². The summed E-state index contributed by atoms with van der Waals surface area (Å²) in [5, 5.41) is 11.6. The highest BCUT2D eigenvalue weighted by Crippen LogP contribution is 2.55. The molecule has 6 rings (SSSR count). The maximum atomic E-state index is 13.9. The molecule has 0 bridgehead atoms. The maximum absolute atomic E-state index is 13.9. The number of hydrogen-bond acceptors (Lipinski definition) is 10. The van der Waals surface area contributed by atoms with Crippen molar-refractivity contribution in [2.24, 2.45) is 0 Å². The lowest BCUT2D eigenvalue weighted by Gasteiger charge is -2.42. The van der Waals surface area contributed by atoms with Crippen molar-refractivity contribution in [2.75, 3.05) is 13.2 Å². The highest BCUT2D eigenvalue weighted by atomic mass is 32.1. The molecule has 0 aliphatic carbocycles. The van der Waals surface area contributed by atoms with Crippen molar-refractivity contribution < 1.29 is 19.4 Å². The Morgan fingerprint density at radius 1 is 0.574 bits per heavy atom. The van der Waals surface area contributed by atoms with E-state index in [4.69, 9.17) is 9.47 Å². The van der Waals surface area contributed by atoms with Crippen molar-refractivity contribution in [2.45, 2.75) is 136 Å². The molecule has 1 unspecified atom stereocenters. The Labute approximate surface area is 348 Å². The molecule has 12 heteroatoms. The van der Waals surface area contributed by atoms with Crippen LogP contribution in [-0.4, -0.2) is 40.4 Å². The van der Waals surface area contributed by atoms with Gasteiger partial charge in [0.2, 0.25) is 0 Å². The Hall–Kier alpha value is -1.20. The average Bonchev–Trinajstić information content (AvgIpc) is 3.88. The second-order valence-electron chi connectivity index (χ2n) is 16.5. The van der Waals surface area contributed by atoms with Gasteiger partial charge in [-0.2, -0.15) is 0 Å². The van der Waals surface area contributed by atoms with Crippen LogP contribution in [0, 0.1) is 0 Å². The minimum absolute atomic E-state index is 0.301. The molecule has 6 aromatic heterocycles. The molecule has 0 aromatic carbocycles. The standard InChI is InChI=1S/C42H58O4S6Si2/c1-15-45-41(43)35-37(31-17-27-29(47-31)19-33(49-27)53(21(3)4,22(5)6)23(7)8)51-40-36(42(44)46-16-2)38(52-39(35)40)32-18-28-30(48-32)20-34(50-28)54(24(9)10,25(11)12)26(13)14/h17-26,41,43H,15-16H2,1-14H3. The second kappa shape index (κ2) is 16.2. The molecular weight excluding hydrogens is 817 g/mol. The molecule has 54 heavy (non-hydrogen) atoms. The van der Waals surface area contributed by atoms with Crippen LogP contribution in [0.15, 0.2) is 24.3 Å². The number of fused-ring (bicyclic) bond motifs is 3. The molecule has 0 fully saturated rings. The van der Waals surface area contributed by atoms with Crippen molar-refractivity contribution in [3.8, 4) is 19.5 Å². The van der Waals surface area contributed by atoms with Gasteiger partial charge in [-0.1, -0.05) is 83.1 Å². The van der Waals surface area contributed by atoms with E-state index in [0.29, 0.717) is 52.0 Å². The smallest absolute Gasteiger partial charge is 0.341 e. The van der Waals surface area contributed by atoms with Gasteiger partial charge in [0, 0.05) is 40.7 Å². The number of carbonyl (C=O) groups is 1. The molecular formula is C42H58O4S6Si2. The molecule has 0 aliphatic heterocycles. The first-order valence-corrected chi connectivity index (χ1v) is 29.0. The number of esters is 1. The third-order valence-electron chi connectivity index (χ3n) is 12.1. The fraction of sp³-hybridized carbons (Fsp3) is 0.548. The van der Waals surface area contributed by atoms with Crippen LogP contribution in [0.3, 0.4) is 0 Å². The summed E-state index contributed by atoms with van der Waals surface area (Å²) in [4.78, 5) is 18.1. The van der Waals surface area contributed by atoms with Crippen LogP contribution in [0.1, 0.15) is 119 Å². The van der Waals surface area contributed by atoms with Crippen LogP contribution in [-0.2, 0) is 9.47 Å². The summed E-state index contributed by atoms with van der Waals surface area (Å²) >= 11 is 10.7. The van der Waals surface area contributed by atoms with Gasteiger partial charge in [-0.05, 0) is 80.4 Å². The van der Waals surface area contributed by atoms with E-state index in [9.17, 15) is 9.90 Å². The van der Waals surface area contributed by atoms with E-state index in [1.807, 2.05) is 36.5 Å². The number of carbonyl (C=O) groups excluding carboxylic acids is 1. The highest BCUT2D eigenvalue weighted by molar-refractivity contribution is 7.40. The molecule has 0 amide bonds. The Bertz CT molecular complexity index is 2150. The number of ether oxygens (including phenoxy) is 2. The Balaban J connectivity index is 1.51. The van der Waals surface area contributed by atoms with Gasteiger partial charge in [0.1, 0.15) is 16.1 Å². The molecule has 0 saturated heterocycles. The van der Waals surface area contributed by atoms with E-state index in [1.165, 1.54) is 18.8 Å². The van der Waals surface area contributed by atoms with Gasteiger partial charge in [0.15, 0.2) is 6.29 Å². The first-order valence-electron chi connectivity index (χ1n) is 19.6. The van der Waals surface area contributed by atoms with Crippen molar-refractivity contribution in [3.63, 3.8) is 0 Å². The molecule has 1 N–H and O–H groups in total. The highest BCUT2D eigenvalue weighted by Gasteiger charge is 2.47. The summed E-state index contributed by atoms with van der Waals surface area (Å²) in [5.41, 5.74) is 5.26. The number of aliphatic hydroxyl groups excluding tert-OH is 1. The monoisotopic (exact) mass is 874 g/mol. The lowest BCUT2D eigenvalue weighted by Crippen LogP contribution is -2.54. The summed E-state index contributed by atoms with van der Waals surface area (Å²) in [6.07, 6.45) is -1.10. The third kappa shape index (κ3) is 6.73. The lowest BCUT2D eigenvalue weighted by atomic mass is 10.1. The van der Waals surface area contributed by atoms with Crippen LogP contribution < -0.4 is 9.00 Å². The largest absolute Gasteiger partial charge is 0.462 e. The van der Waals surface area contributed by atoms with Gasteiger partial charge < -0.3 is 14.6 Å². The Morgan fingerprint density at radius 2 is 0.981 bits per heavy atom. The fourth-order valence-corrected chi connectivity index (χ4v) is 36.3. The minimum Gasteiger partial charge on any atom is -0.462 e. The van der Waals surface area contributed by atoms with Crippen molar-refractivity contribution in [1.29, 1.82) is 0 Å². The van der Waals surface area contributed by atoms with Crippen LogP contribution in [0.5, 0.6) is 0 Å². The van der Waals surface area contributed by atoms with Crippen LogP contribution in [0.4, 0.5) is 0 Å². The Kier molecular flexibility index (Phi) is 12.7. The van der Waals surface area contributed by atoms with Gasteiger partial charge in [0.25, 0.3) is 0 Å². The van der Waals surface area contributed by atoms with E-state index in [1.54, 1.807) is 54.3 Å². The molecule has 0 saturated carbocycles. The quantitative estimate of drug-likeness (QED) is 0.0634. The van der Waals surface area contributed by atoms with E-state index in [0.717, 1.165) is 34.5 Å². The molecule has 0 radical (unpaired) electrons. The molecule has 0 spiro atoms. The first-order chi connectivity index (χ1) is 25.5. The average molecular weight is 875 g/mol. The summed E-state index contributed by atoms with van der Waals surface area (Å²) < 4.78 is 21.9.